The van der Waals surface area contributed by atoms with Crippen molar-refractivity contribution in [2.45, 2.75) is 33.0 Å². The van der Waals surface area contributed by atoms with Crippen molar-refractivity contribution in [2.75, 3.05) is 31.1 Å². The van der Waals surface area contributed by atoms with E-state index in [0.29, 0.717) is 0 Å². The molecule has 0 spiro atoms. The van der Waals surface area contributed by atoms with Crippen LogP contribution in [0.1, 0.15) is 26.3 Å². The summed E-state index contributed by atoms with van der Waals surface area (Å²) in [6.07, 6.45) is 0. The predicted molar refractivity (Wildman–Crippen MR) is 74.8 cm³/mol. The Morgan fingerprint density at radius 3 is 2.33 bits per heavy atom. The minimum absolute atomic E-state index is 0.243. The van der Waals surface area contributed by atoms with Gasteiger partial charge in [-0.05, 0) is 38.5 Å². The Labute approximate surface area is 109 Å². The molecule has 1 heterocycles. The van der Waals surface area contributed by atoms with E-state index in [1.807, 2.05) is 18.2 Å². The lowest BCUT2D eigenvalue weighted by atomic mass is 10.0. The highest BCUT2D eigenvalue weighted by atomic mass is 19.1. The van der Waals surface area contributed by atoms with Crippen molar-refractivity contribution in [1.29, 1.82) is 0 Å². The number of anilines is 1. The first-order chi connectivity index (χ1) is 8.50. The largest absolute Gasteiger partial charge is 0.369 e. The summed E-state index contributed by atoms with van der Waals surface area (Å²) in [6, 6.07) is 7.83. The van der Waals surface area contributed by atoms with Crippen molar-refractivity contribution < 1.29 is 4.39 Å². The molecule has 0 bridgehead atoms. The Morgan fingerprint density at radius 1 is 1.11 bits per heavy atom. The van der Waals surface area contributed by atoms with Gasteiger partial charge in [-0.1, -0.05) is 12.1 Å². The van der Waals surface area contributed by atoms with Crippen LogP contribution in [0.2, 0.25) is 0 Å². The van der Waals surface area contributed by atoms with Gasteiger partial charge >= 0.3 is 0 Å². The van der Waals surface area contributed by atoms with Gasteiger partial charge in [0.1, 0.15) is 6.67 Å². The average Bonchev–Trinajstić information content (AvgIpc) is 2.38. The third-order valence-corrected chi connectivity index (χ3v) is 3.66. The number of nitrogens with zero attached hydrogens (tertiary/aromatic N) is 2. The Kier molecular flexibility index (Phi) is 3.91. The Morgan fingerprint density at radius 2 is 1.78 bits per heavy atom. The van der Waals surface area contributed by atoms with E-state index in [2.05, 4.69) is 36.6 Å². The number of hydrogen-bond acceptors (Lipinski definition) is 2. The monoisotopic (exact) mass is 250 g/mol. The molecule has 2 rings (SSSR count). The molecule has 100 valence electrons. The van der Waals surface area contributed by atoms with Crippen molar-refractivity contribution in [3.8, 4) is 0 Å². The second-order valence-corrected chi connectivity index (χ2v) is 5.95. The van der Waals surface area contributed by atoms with E-state index in [1.165, 1.54) is 0 Å². The van der Waals surface area contributed by atoms with E-state index in [0.717, 1.165) is 37.4 Å². The van der Waals surface area contributed by atoms with Gasteiger partial charge in [-0.2, -0.15) is 0 Å². The van der Waals surface area contributed by atoms with Gasteiger partial charge in [0.25, 0.3) is 0 Å². The summed E-state index contributed by atoms with van der Waals surface area (Å²) in [4.78, 5) is 4.85. The summed E-state index contributed by atoms with van der Waals surface area (Å²) in [6.45, 7) is 10.6. The summed E-state index contributed by atoms with van der Waals surface area (Å²) < 4.78 is 12.7. The van der Waals surface area contributed by atoms with E-state index >= 15 is 0 Å². The van der Waals surface area contributed by atoms with Gasteiger partial charge in [0.15, 0.2) is 0 Å². The molecule has 0 saturated carbocycles. The van der Waals surface area contributed by atoms with Crippen LogP contribution in [0.3, 0.4) is 0 Å². The van der Waals surface area contributed by atoms with Crippen molar-refractivity contribution in [1.82, 2.24) is 4.90 Å². The molecule has 0 aliphatic carbocycles. The zero-order valence-electron chi connectivity index (χ0n) is 11.6. The Bertz CT molecular complexity index is 390. The van der Waals surface area contributed by atoms with Gasteiger partial charge < -0.3 is 4.90 Å². The van der Waals surface area contributed by atoms with Crippen LogP contribution < -0.4 is 4.90 Å². The molecular formula is C15H23FN2. The summed E-state index contributed by atoms with van der Waals surface area (Å²) in [5.41, 5.74) is 2.16. The fourth-order valence-electron chi connectivity index (χ4n) is 2.47. The summed E-state index contributed by atoms with van der Waals surface area (Å²) in [5, 5.41) is 0. The third kappa shape index (κ3) is 3.02. The van der Waals surface area contributed by atoms with Crippen LogP contribution in [0.15, 0.2) is 24.3 Å². The molecule has 1 aromatic rings. The molecule has 0 aromatic heterocycles. The van der Waals surface area contributed by atoms with Crippen LogP contribution in [0, 0.1) is 0 Å². The highest BCUT2D eigenvalue weighted by molar-refractivity contribution is 5.49. The predicted octanol–water partition coefficient (Wildman–Crippen LogP) is 3.08. The lowest BCUT2D eigenvalue weighted by molar-refractivity contribution is 0.128. The van der Waals surface area contributed by atoms with Gasteiger partial charge in [0.2, 0.25) is 0 Å². The Balaban J connectivity index is 2.01. The highest BCUT2D eigenvalue weighted by Gasteiger charge is 2.25. The van der Waals surface area contributed by atoms with Gasteiger partial charge in [0.05, 0.1) is 0 Å². The minimum atomic E-state index is -0.379. The minimum Gasteiger partial charge on any atom is -0.369 e. The van der Waals surface area contributed by atoms with Crippen LogP contribution >= 0.6 is 0 Å². The normalized spacial score (nSPS) is 18.1. The van der Waals surface area contributed by atoms with Gasteiger partial charge in [0, 0.05) is 37.4 Å². The molecule has 1 saturated heterocycles. The molecule has 3 heteroatoms. The molecule has 0 unspecified atom stereocenters. The number of halogens is 1. The molecule has 1 fully saturated rings. The molecule has 18 heavy (non-hydrogen) atoms. The van der Waals surface area contributed by atoms with Crippen molar-refractivity contribution >= 4 is 5.69 Å². The van der Waals surface area contributed by atoms with Crippen molar-refractivity contribution in [3.05, 3.63) is 29.8 Å². The smallest absolute Gasteiger partial charge is 0.115 e. The number of alkyl halides is 1. The van der Waals surface area contributed by atoms with Crippen molar-refractivity contribution in [2.24, 2.45) is 0 Å². The standard InChI is InChI=1S/C15H23FN2/c1-15(2,3)18-9-7-17(8-10-18)14-6-4-5-13(11-14)12-16/h4-6,11H,7-10,12H2,1-3H3. The highest BCUT2D eigenvalue weighted by Crippen LogP contribution is 2.21. The quantitative estimate of drug-likeness (QED) is 0.796. The van der Waals surface area contributed by atoms with Crippen LogP contribution in [0.4, 0.5) is 10.1 Å². The first kappa shape index (κ1) is 13.3. The summed E-state index contributed by atoms with van der Waals surface area (Å²) >= 11 is 0. The first-order valence-electron chi connectivity index (χ1n) is 6.65. The molecule has 1 aliphatic heterocycles. The van der Waals surface area contributed by atoms with Crippen molar-refractivity contribution in [3.63, 3.8) is 0 Å². The van der Waals surface area contributed by atoms with E-state index < -0.39 is 0 Å². The zero-order valence-corrected chi connectivity index (χ0v) is 11.6. The van der Waals surface area contributed by atoms with Crippen LogP contribution in [0.25, 0.3) is 0 Å². The van der Waals surface area contributed by atoms with Crippen LogP contribution in [0.5, 0.6) is 0 Å². The summed E-state index contributed by atoms with van der Waals surface area (Å²) in [5.74, 6) is 0. The third-order valence-electron chi connectivity index (χ3n) is 3.66. The lowest BCUT2D eigenvalue weighted by Crippen LogP contribution is -2.53. The molecule has 1 aromatic carbocycles. The van der Waals surface area contributed by atoms with E-state index in [4.69, 9.17) is 0 Å². The molecule has 1 aliphatic rings. The fourth-order valence-corrected chi connectivity index (χ4v) is 2.47. The molecule has 2 nitrogen and oxygen atoms in total. The second kappa shape index (κ2) is 5.27. The van der Waals surface area contributed by atoms with Crippen LogP contribution in [-0.4, -0.2) is 36.6 Å². The second-order valence-electron chi connectivity index (χ2n) is 5.95. The zero-order chi connectivity index (χ0) is 13.2. The molecule has 0 N–H and O–H groups in total. The SMILES string of the molecule is CC(C)(C)N1CCN(c2cccc(CF)c2)CC1. The topological polar surface area (TPSA) is 6.48 Å². The van der Waals surface area contributed by atoms with E-state index in [9.17, 15) is 4.39 Å². The lowest BCUT2D eigenvalue weighted by Gasteiger charge is -2.43. The van der Waals surface area contributed by atoms with Gasteiger partial charge in [-0.3, -0.25) is 4.90 Å². The van der Waals surface area contributed by atoms with E-state index in [1.54, 1.807) is 0 Å². The van der Waals surface area contributed by atoms with Crippen LogP contribution in [-0.2, 0) is 6.67 Å². The maximum Gasteiger partial charge on any atom is 0.115 e. The average molecular weight is 250 g/mol. The number of hydrogen-bond donors (Lipinski definition) is 0. The molecular weight excluding hydrogens is 227 g/mol. The molecule has 0 atom stereocenters. The maximum atomic E-state index is 12.7. The number of benzene rings is 1. The van der Waals surface area contributed by atoms with Gasteiger partial charge in [-0.15, -0.1) is 0 Å². The summed E-state index contributed by atoms with van der Waals surface area (Å²) in [7, 11) is 0. The fraction of sp³-hybridized carbons (Fsp3) is 0.600. The first-order valence-corrected chi connectivity index (χ1v) is 6.65. The molecule has 0 amide bonds. The number of rotatable bonds is 2. The molecule has 0 radical (unpaired) electrons. The Hall–Kier alpha value is -1.09. The van der Waals surface area contributed by atoms with Gasteiger partial charge in [-0.25, -0.2) is 4.39 Å². The maximum absolute atomic E-state index is 12.7. The number of piperazine rings is 1. The van der Waals surface area contributed by atoms with E-state index in [-0.39, 0.29) is 12.2 Å².